The highest BCUT2D eigenvalue weighted by atomic mass is 16.6. The number of hydrogen-bond donors (Lipinski definition) is 0. The Morgan fingerprint density at radius 1 is 0.259 bits per heavy atom. The molecule has 0 aliphatic carbocycles. The minimum absolute atomic E-state index is 0.0867. The van der Waals surface area contributed by atoms with E-state index in [-0.39, 0.29) is 37.5 Å². The van der Waals surface area contributed by atoms with Crippen LogP contribution in [0.25, 0.3) is 0 Å². The molecular weight excluding hydrogens is 997 g/mol. The molecule has 81 heavy (non-hydrogen) atoms. The monoisotopic (exact) mass is 1130 g/mol. The van der Waals surface area contributed by atoms with Gasteiger partial charge in [-0.05, 0) is 57.8 Å². The first-order valence-corrected chi connectivity index (χ1v) is 35.8. The first kappa shape index (κ1) is 78.1. The summed E-state index contributed by atoms with van der Waals surface area (Å²) in [6, 6.07) is 0. The summed E-state index contributed by atoms with van der Waals surface area (Å²) >= 11 is 0. The van der Waals surface area contributed by atoms with Gasteiger partial charge in [0.2, 0.25) is 0 Å². The second-order valence-electron chi connectivity index (χ2n) is 24.1. The smallest absolute Gasteiger partial charge is 0.306 e. The lowest BCUT2D eigenvalue weighted by atomic mass is 10.0. The number of hydrogen-bond acceptors (Lipinski definition) is 6. The highest BCUT2D eigenvalue weighted by molar-refractivity contribution is 5.71. The van der Waals surface area contributed by atoms with E-state index < -0.39 is 6.10 Å². The topological polar surface area (TPSA) is 78.9 Å². The van der Waals surface area contributed by atoms with E-state index in [1.807, 2.05) is 0 Å². The van der Waals surface area contributed by atoms with Crippen LogP contribution in [0, 0.1) is 0 Å². The molecule has 0 rings (SSSR count). The van der Waals surface area contributed by atoms with Crippen molar-refractivity contribution < 1.29 is 28.6 Å². The van der Waals surface area contributed by atoms with Gasteiger partial charge in [-0.15, -0.1) is 0 Å². The maximum Gasteiger partial charge on any atom is 0.306 e. The summed E-state index contributed by atoms with van der Waals surface area (Å²) in [5.74, 6) is -0.921. The van der Waals surface area contributed by atoms with Crippen molar-refractivity contribution in [3.05, 3.63) is 60.8 Å². The van der Waals surface area contributed by atoms with Gasteiger partial charge in [0.1, 0.15) is 13.2 Å². The van der Waals surface area contributed by atoms with Crippen LogP contribution >= 0.6 is 0 Å². The van der Waals surface area contributed by atoms with Gasteiger partial charge in [0.05, 0.1) is 0 Å². The van der Waals surface area contributed by atoms with Crippen molar-refractivity contribution in [1.82, 2.24) is 0 Å². The lowest BCUT2D eigenvalue weighted by molar-refractivity contribution is -0.167. The molecule has 1 unspecified atom stereocenters. The van der Waals surface area contributed by atoms with Crippen LogP contribution in [0.3, 0.4) is 0 Å². The SMILES string of the molecule is CC/C=C\C/C=C\C/C=C\C/C=C\C/C=C\CCCC(=O)OCC(COC(=O)CCCCCCCCCCCCCCCCCCCCCCCCCCCCC)OC(=O)CCCCCCCCCCCCCCCCCCCCC. The fraction of sp³-hybridized carbons (Fsp3) is 0.827. The number of unbranched alkanes of at least 4 members (excludes halogenated alkanes) is 45. The summed E-state index contributed by atoms with van der Waals surface area (Å²) in [5, 5.41) is 0. The van der Waals surface area contributed by atoms with Crippen molar-refractivity contribution in [2.75, 3.05) is 13.2 Å². The predicted molar refractivity (Wildman–Crippen MR) is 353 cm³/mol. The van der Waals surface area contributed by atoms with Crippen molar-refractivity contribution in [3.63, 3.8) is 0 Å². The highest BCUT2D eigenvalue weighted by Gasteiger charge is 2.19. The molecule has 6 heteroatoms. The maximum absolute atomic E-state index is 13.0. The second kappa shape index (κ2) is 69.6. The first-order chi connectivity index (χ1) is 40.0. The van der Waals surface area contributed by atoms with Gasteiger partial charge in [-0.3, -0.25) is 14.4 Å². The zero-order chi connectivity index (χ0) is 58.5. The van der Waals surface area contributed by atoms with Gasteiger partial charge in [0.15, 0.2) is 6.10 Å². The Kier molecular flexibility index (Phi) is 67.1. The third kappa shape index (κ3) is 67.8. The average molecular weight is 1130 g/mol. The fourth-order valence-electron chi connectivity index (χ4n) is 10.7. The van der Waals surface area contributed by atoms with Crippen molar-refractivity contribution in [1.29, 1.82) is 0 Å². The number of allylic oxidation sites excluding steroid dienone is 10. The van der Waals surface area contributed by atoms with Gasteiger partial charge >= 0.3 is 17.9 Å². The fourth-order valence-corrected chi connectivity index (χ4v) is 10.7. The average Bonchev–Trinajstić information content (AvgIpc) is 3.47. The molecule has 0 saturated carbocycles. The number of carbonyl (C=O) groups is 3. The van der Waals surface area contributed by atoms with Gasteiger partial charge in [0.25, 0.3) is 0 Å². The molecule has 0 aromatic rings. The normalized spacial score (nSPS) is 12.4. The number of carbonyl (C=O) groups excluding carboxylic acids is 3. The molecule has 1 atom stereocenters. The van der Waals surface area contributed by atoms with Crippen LogP contribution in [0.1, 0.15) is 380 Å². The molecule has 0 heterocycles. The van der Waals surface area contributed by atoms with Crippen LogP contribution in [-0.2, 0) is 28.6 Å². The molecular formula is C75H136O6. The van der Waals surface area contributed by atoms with E-state index in [2.05, 4.69) is 81.5 Å². The molecule has 0 bridgehead atoms. The van der Waals surface area contributed by atoms with Crippen molar-refractivity contribution in [2.24, 2.45) is 0 Å². The third-order valence-corrected chi connectivity index (χ3v) is 16.0. The lowest BCUT2D eigenvalue weighted by Crippen LogP contribution is -2.30. The zero-order valence-corrected chi connectivity index (χ0v) is 54.3. The van der Waals surface area contributed by atoms with Crippen molar-refractivity contribution >= 4 is 17.9 Å². The van der Waals surface area contributed by atoms with Crippen molar-refractivity contribution in [2.45, 2.75) is 386 Å². The number of esters is 3. The minimum Gasteiger partial charge on any atom is -0.462 e. The van der Waals surface area contributed by atoms with Gasteiger partial charge in [0, 0.05) is 19.3 Å². The molecule has 0 N–H and O–H groups in total. The van der Waals surface area contributed by atoms with Crippen LogP contribution in [0.15, 0.2) is 60.8 Å². The molecule has 0 amide bonds. The molecule has 0 saturated heterocycles. The molecule has 0 aliphatic heterocycles. The predicted octanol–water partition coefficient (Wildman–Crippen LogP) is 24.7. The zero-order valence-electron chi connectivity index (χ0n) is 54.3. The second-order valence-corrected chi connectivity index (χ2v) is 24.1. The van der Waals surface area contributed by atoms with E-state index in [1.54, 1.807) is 0 Å². The Hall–Kier alpha value is -2.89. The van der Waals surface area contributed by atoms with E-state index in [9.17, 15) is 14.4 Å². The molecule has 0 radical (unpaired) electrons. The first-order valence-electron chi connectivity index (χ1n) is 35.8. The van der Waals surface area contributed by atoms with Crippen LogP contribution in [0.2, 0.25) is 0 Å². The molecule has 0 aromatic carbocycles. The summed E-state index contributed by atoms with van der Waals surface area (Å²) in [4.78, 5) is 38.4. The van der Waals surface area contributed by atoms with Crippen LogP contribution in [-0.4, -0.2) is 37.2 Å². The van der Waals surface area contributed by atoms with Gasteiger partial charge in [-0.25, -0.2) is 0 Å². The Morgan fingerprint density at radius 3 is 0.753 bits per heavy atom. The van der Waals surface area contributed by atoms with E-state index in [4.69, 9.17) is 14.2 Å². The van der Waals surface area contributed by atoms with Crippen LogP contribution in [0.5, 0.6) is 0 Å². The number of ether oxygens (including phenoxy) is 3. The summed E-state index contributed by atoms with van der Waals surface area (Å²) in [5.41, 5.74) is 0. The standard InChI is InChI=1S/C75H136O6/c1-4-7-10-13-16-19-22-25-28-31-33-34-35-36-37-38-39-40-42-44-47-50-53-56-59-62-65-68-74(77)80-71-72(70-79-73(76)67-64-61-58-55-52-49-46-43-30-27-24-21-18-15-12-9-6-3)81-75(78)69-66-63-60-57-54-51-48-45-41-32-29-26-23-20-17-14-11-8-5-2/h9,12,18,21,27,30,46,49,55,58,72H,4-8,10-11,13-17,19-20,22-26,28-29,31-45,47-48,50-54,56-57,59-71H2,1-3H3/b12-9-,21-18-,30-27-,49-46-,58-55-. The molecule has 0 aromatic heterocycles. The largest absolute Gasteiger partial charge is 0.462 e. The Morgan fingerprint density at radius 2 is 0.481 bits per heavy atom. The number of rotatable bonds is 66. The third-order valence-electron chi connectivity index (χ3n) is 16.0. The van der Waals surface area contributed by atoms with E-state index in [0.29, 0.717) is 19.3 Å². The minimum atomic E-state index is -0.796. The van der Waals surface area contributed by atoms with E-state index in [0.717, 1.165) is 77.0 Å². The van der Waals surface area contributed by atoms with Gasteiger partial charge in [-0.2, -0.15) is 0 Å². The molecule has 6 nitrogen and oxygen atoms in total. The maximum atomic E-state index is 13.0. The molecule has 0 spiro atoms. The van der Waals surface area contributed by atoms with E-state index in [1.165, 1.54) is 257 Å². The van der Waals surface area contributed by atoms with Gasteiger partial charge in [-0.1, -0.05) is 364 Å². The van der Waals surface area contributed by atoms with Crippen LogP contribution in [0.4, 0.5) is 0 Å². The quantitative estimate of drug-likeness (QED) is 0.0261. The van der Waals surface area contributed by atoms with Crippen LogP contribution < -0.4 is 0 Å². The Labute approximate surface area is 504 Å². The van der Waals surface area contributed by atoms with Crippen molar-refractivity contribution in [3.8, 4) is 0 Å². The lowest BCUT2D eigenvalue weighted by Gasteiger charge is -2.18. The molecule has 472 valence electrons. The molecule has 0 fully saturated rings. The highest BCUT2D eigenvalue weighted by Crippen LogP contribution is 2.19. The Balaban J connectivity index is 4.30. The summed E-state index contributed by atoms with van der Waals surface area (Å²) in [6.07, 6.45) is 89.8. The Bertz CT molecular complexity index is 1440. The molecule has 0 aliphatic rings. The van der Waals surface area contributed by atoms with Gasteiger partial charge < -0.3 is 14.2 Å². The summed E-state index contributed by atoms with van der Waals surface area (Å²) in [6.45, 7) is 6.55. The van der Waals surface area contributed by atoms with E-state index >= 15 is 0 Å². The summed E-state index contributed by atoms with van der Waals surface area (Å²) < 4.78 is 17.0. The summed E-state index contributed by atoms with van der Waals surface area (Å²) in [7, 11) is 0.